The number of hydrogen-bond acceptors (Lipinski definition) is 5. The first kappa shape index (κ1) is 21.8. The number of halogens is 1. The quantitative estimate of drug-likeness (QED) is 0.421. The topological polar surface area (TPSA) is 39.7 Å². The Morgan fingerprint density at radius 1 is 0.943 bits per heavy atom. The highest BCUT2D eigenvalue weighted by Crippen LogP contribution is 2.41. The van der Waals surface area contributed by atoms with E-state index in [0.717, 1.165) is 69.0 Å². The molecule has 7 heteroatoms. The third kappa shape index (κ3) is 4.15. The van der Waals surface area contributed by atoms with Crippen LogP contribution in [-0.4, -0.2) is 53.6 Å². The van der Waals surface area contributed by atoms with Gasteiger partial charge in [-0.1, -0.05) is 23.7 Å². The molecule has 0 bridgehead atoms. The average Bonchev–Trinajstić information content (AvgIpc) is 3.80. The Morgan fingerprint density at radius 2 is 1.71 bits per heavy atom. The fourth-order valence-electron chi connectivity index (χ4n) is 5.81. The number of pyridine rings is 1. The molecule has 1 saturated heterocycles. The highest BCUT2D eigenvalue weighted by atomic mass is 35.5. The van der Waals surface area contributed by atoms with Gasteiger partial charge in [0, 0.05) is 47.7 Å². The Hall–Kier alpha value is -2.41. The lowest BCUT2D eigenvalue weighted by atomic mass is 10.1. The number of rotatable bonds is 6. The highest BCUT2D eigenvalue weighted by molar-refractivity contribution is 7.17. The lowest BCUT2D eigenvalue weighted by molar-refractivity contribution is 0.0985. The number of benzene rings is 1. The minimum Gasteiger partial charge on any atom is -0.355 e. The van der Waals surface area contributed by atoms with Crippen molar-refractivity contribution >= 4 is 40.4 Å². The van der Waals surface area contributed by atoms with E-state index >= 15 is 0 Å². The lowest BCUT2D eigenvalue weighted by Crippen LogP contribution is -2.41. The molecule has 1 aromatic carbocycles. The van der Waals surface area contributed by atoms with Gasteiger partial charge in [-0.25, -0.2) is 4.98 Å². The molecule has 2 aromatic heterocycles. The molecule has 7 rings (SSSR count). The average molecular weight is 505 g/mol. The van der Waals surface area contributed by atoms with Crippen molar-refractivity contribution in [1.29, 1.82) is 0 Å². The molecule has 5 nitrogen and oxygen atoms in total. The maximum atomic E-state index is 13.4. The van der Waals surface area contributed by atoms with Crippen LogP contribution in [0.15, 0.2) is 48.7 Å². The molecular formula is C28H29ClN4OS. The second-order valence-corrected chi connectivity index (χ2v) is 11.8. The predicted molar refractivity (Wildman–Crippen MR) is 143 cm³/mol. The first-order chi connectivity index (χ1) is 17.1. The van der Waals surface area contributed by atoms with Crippen molar-refractivity contribution in [3.05, 3.63) is 64.1 Å². The first-order valence-corrected chi connectivity index (χ1v) is 14.0. The summed E-state index contributed by atoms with van der Waals surface area (Å²) in [6.45, 7) is 2.84. The molecule has 3 fully saturated rings. The van der Waals surface area contributed by atoms with E-state index in [9.17, 15) is 4.79 Å². The summed E-state index contributed by atoms with van der Waals surface area (Å²) in [7, 11) is 0. The zero-order chi connectivity index (χ0) is 23.5. The molecule has 0 unspecified atom stereocenters. The smallest absolute Gasteiger partial charge is 0.268 e. The summed E-state index contributed by atoms with van der Waals surface area (Å²) in [5.74, 6) is 1.12. The Kier molecular flexibility index (Phi) is 5.37. The van der Waals surface area contributed by atoms with Crippen LogP contribution in [0.25, 0.3) is 10.4 Å². The molecule has 1 amide bonds. The molecule has 2 aliphatic heterocycles. The van der Waals surface area contributed by atoms with Gasteiger partial charge in [-0.15, -0.1) is 11.3 Å². The van der Waals surface area contributed by atoms with E-state index in [4.69, 9.17) is 16.6 Å². The Bertz CT molecular complexity index is 1240. The summed E-state index contributed by atoms with van der Waals surface area (Å²) >= 11 is 7.62. The van der Waals surface area contributed by atoms with Gasteiger partial charge < -0.3 is 9.80 Å². The monoisotopic (exact) mass is 504 g/mol. The van der Waals surface area contributed by atoms with Crippen molar-refractivity contribution in [1.82, 2.24) is 9.88 Å². The minimum atomic E-state index is 0.0803. The van der Waals surface area contributed by atoms with Gasteiger partial charge in [-0.2, -0.15) is 0 Å². The maximum Gasteiger partial charge on any atom is 0.268 e. The molecule has 0 N–H and O–H groups in total. The van der Waals surface area contributed by atoms with Crippen LogP contribution in [0.5, 0.6) is 0 Å². The molecule has 2 aliphatic carbocycles. The highest BCUT2D eigenvalue weighted by Gasteiger charge is 2.44. The summed E-state index contributed by atoms with van der Waals surface area (Å²) in [5, 5.41) is 0.723. The third-order valence-electron chi connectivity index (χ3n) is 7.87. The number of amides is 1. The minimum absolute atomic E-state index is 0.0803. The number of anilines is 2. The number of thiophene rings is 1. The zero-order valence-electron chi connectivity index (χ0n) is 19.7. The molecule has 2 saturated carbocycles. The van der Waals surface area contributed by atoms with Crippen LogP contribution in [0.3, 0.4) is 0 Å². The SMILES string of the molecule is O=C1c2sc(-c3ccc(Cl)cc3)cc2CCN1c1ccc(N2CC[C@@H](N(C3CC3)C3CC3)C2)nc1. The van der Waals surface area contributed by atoms with Gasteiger partial charge in [-0.05, 0) is 80.0 Å². The molecule has 4 aliphatic rings. The summed E-state index contributed by atoms with van der Waals surface area (Å²) in [6, 6.07) is 16.5. The van der Waals surface area contributed by atoms with Gasteiger partial charge in [0.1, 0.15) is 5.82 Å². The van der Waals surface area contributed by atoms with Crippen LogP contribution in [0, 0.1) is 0 Å². The largest absolute Gasteiger partial charge is 0.355 e. The van der Waals surface area contributed by atoms with Gasteiger partial charge in [0.2, 0.25) is 0 Å². The number of aromatic nitrogens is 1. The van der Waals surface area contributed by atoms with Gasteiger partial charge in [0.05, 0.1) is 16.8 Å². The number of hydrogen-bond donors (Lipinski definition) is 0. The van der Waals surface area contributed by atoms with Crippen molar-refractivity contribution in [2.45, 2.75) is 56.7 Å². The second kappa shape index (κ2) is 8.61. The van der Waals surface area contributed by atoms with E-state index < -0.39 is 0 Å². The molecule has 180 valence electrons. The number of fused-ring (bicyclic) bond motifs is 1. The van der Waals surface area contributed by atoms with Crippen molar-refractivity contribution in [3.8, 4) is 10.4 Å². The van der Waals surface area contributed by atoms with Gasteiger partial charge >= 0.3 is 0 Å². The lowest BCUT2D eigenvalue weighted by Gasteiger charge is -2.29. The van der Waals surface area contributed by atoms with Crippen LogP contribution in [0.4, 0.5) is 11.5 Å². The van der Waals surface area contributed by atoms with E-state index in [-0.39, 0.29) is 5.91 Å². The van der Waals surface area contributed by atoms with Gasteiger partial charge in [0.15, 0.2) is 0 Å². The third-order valence-corrected chi connectivity index (χ3v) is 9.34. The predicted octanol–water partition coefficient (Wildman–Crippen LogP) is 5.87. The molecule has 3 aromatic rings. The van der Waals surface area contributed by atoms with Crippen LogP contribution in [0.2, 0.25) is 5.02 Å². The van der Waals surface area contributed by atoms with Crippen molar-refractivity contribution in [2.24, 2.45) is 0 Å². The zero-order valence-corrected chi connectivity index (χ0v) is 21.3. The fraction of sp³-hybridized carbons (Fsp3) is 0.429. The van der Waals surface area contributed by atoms with Crippen molar-refractivity contribution in [3.63, 3.8) is 0 Å². The van der Waals surface area contributed by atoms with Crippen molar-refractivity contribution < 1.29 is 4.79 Å². The van der Waals surface area contributed by atoms with E-state index in [1.807, 2.05) is 35.4 Å². The Labute approximate surface area is 215 Å². The second-order valence-electron chi connectivity index (χ2n) is 10.4. The van der Waals surface area contributed by atoms with Crippen molar-refractivity contribution in [2.75, 3.05) is 29.4 Å². The standard InChI is InChI=1S/C28H29ClN4OS/c29-20-3-1-18(2-4-20)25-15-19-11-14-32(28(34)27(19)35-25)23-9-10-26(30-16-23)31-13-12-24(17-31)33(21-5-6-21)22-7-8-22/h1-4,9-10,15-16,21-22,24H,5-8,11-14,17H2/t24-/m1/s1. The fourth-order valence-corrected chi connectivity index (χ4v) is 7.10. The van der Waals surface area contributed by atoms with E-state index in [0.29, 0.717) is 12.6 Å². The summed E-state index contributed by atoms with van der Waals surface area (Å²) < 4.78 is 0. The Morgan fingerprint density at radius 3 is 2.40 bits per heavy atom. The molecular weight excluding hydrogens is 476 g/mol. The number of carbonyl (C=O) groups is 1. The molecule has 0 spiro atoms. The first-order valence-electron chi connectivity index (χ1n) is 12.8. The summed E-state index contributed by atoms with van der Waals surface area (Å²) in [4.78, 5) is 27.3. The number of carbonyl (C=O) groups excluding carboxylic acids is 1. The molecule has 0 radical (unpaired) electrons. The van der Waals surface area contributed by atoms with Crippen LogP contribution < -0.4 is 9.80 Å². The maximum absolute atomic E-state index is 13.4. The van der Waals surface area contributed by atoms with Crippen LogP contribution in [-0.2, 0) is 6.42 Å². The van der Waals surface area contributed by atoms with Crippen LogP contribution in [0.1, 0.15) is 47.3 Å². The Balaban J connectivity index is 1.05. The van der Waals surface area contributed by atoms with Gasteiger partial charge in [-0.3, -0.25) is 9.69 Å². The summed E-state index contributed by atoms with van der Waals surface area (Å²) in [5.41, 5.74) is 3.13. The molecule has 1 atom stereocenters. The van der Waals surface area contributed by atoms with E-state index in [1.165, 1.54) is 32.1 Å². The summed E-state index contributed by atoms with van der Waals surface area (Å²) in [6.07, 6.45) is 9.53. The number of nitrogens with zero attached hydrogens (tertiary/aromatic N) is 4. The van der Waals surface area contributed by atoms with Crippen LogP contribution >= 0.6 is 22.9 Å². The normalized spacial score (nSPS) is 22.2. The van der Waals surface area contributed by atoms with Gasteiger partial charge in [0.25, 0.3) is 5.91 Å². The van der Waals surface area contributed by atoms with E-state index in [2.05, 4.69) is 28.0 Å². The molecule has 4 heterocycles. The molecule has 35 heavy (non-hydrogen) atoms. The van der Waals surface area contributed by atoms with E-state index in [1.54, 1.807) is 11.3 Å².